The van der Waals surface area contributed by atoms with Crippen molar-refractivity contribution in [1.82, 2.24) is 0 Å². The summed E-state index contributed by atoms with van der Waals surface area (Å²) in [6.07, 6.45) is -3.04. The maximum Gasteiger partial charge on any atom is 0.310 e. The minimum absolute atomic E-state index is 0.118. The SMILES string of the molecule is C[C@H]1CC[C@H](O)[C@H](O)CC(=O)c2c(O)cc(O)cc2CC(=O)O1. The van der Waals surface area contributed by atoms with Crippen LogP contribution < -0.4 is 0 Å². The Kier molecular flexibility index (Phi) is 5.23. The van der Waals surface area contributed by atoms with Crippen LogP contribution in [0.25, 0.3) is 0 Å². The maximum absolute atomic E-state index is 12.3. The minimum Gasteiger partial charge on any atom is -0.508 e. The number of hydrogen-bond donors (Lipinski definition) is 4. The second-order valence-electron chi connectivity index (χ2n) is 5.82. The van der Waals surface area contributed by atoms with Crippen LogP contribution in [0.3, 0.4) is 0 Å². The van der Waals surface area contributed by atoms with Crippen LogP contribution in [-0.4, -0.2) is 50.5 Å². The average molecular weight is 324 g/mol. The van der Waals surface area contributed by atoms with Gasteiger partial charge in [-0.15, -0.1) is 0 Å². The molecule has 0 amide bonds. The molecule has 0 saturated heterocycles. The first-order valence-electron chi connectivity index (χ1n) is 7.41. The number of esters is 1. The van der Waals surface area contributed by atoms with Gasteiger partial charge in [0.2, 0.25) is 0 Å². The van der Waals surface area contributed by atoms with Gasteiger partial charge in [-0.25, -0.2) is 0 Å². The first kappa shape index (κ1) is 17.2. The van der Waals surface area contributed by atoms with Gasteiger partial charge in [0.1, 0.15) is 11.5 Å². The van der Waals surface area contributed by atoms with E-state index >= 15 is 0 Å². The molecule has 7 nitrogen and oxygen atoms in total. The number of benzene rings is 1. The number of Topliss-reactive ketones (excluding diaryl/α,β-unsaturated/α-hetero) is 1. The van der Waals surface area contributed by atoms with Gasteiger partial charge in [0.15, 0.2) is 5.78 Å². The van der Waals surface area contributed by atoms with Crippen molar-refractivity contribution in [2.75, 3.05) is 0 Å². The summed E-state index contributed by atoms with van der Waals surface area (Å²) in [6, 6.07) is 2.19. The van der Waals surface area contributed by atoms with Gasteiger partial charge in [0.25, 0.3) is 0 Å². The largest absolute Gasteiger partial charge is 0.508 e. The first-order chi connectivity index (χ1) is 10.8. The van der Waals surface area contributed by atoms with Gasteiger partial charge in [-0.3, -0.25) is 9.59 Å². The zero-order valence-electron chi connectivity index (χ0n) is 12.7. The molecular formula is C16H20O7. The Labute approximate surface area is 133 Å². The van der Waals surface area contributed by atoms with E-state index in [1.165, 1.54) is 6.07 Å². The van der Waals surface area contributed by atoms with Gasteiger partial charge in [-0.05, 0) is 31.4 Å². The van der Waals surface area contributed by atoms with Crippen LogP contribution in [0.5, 0.6) is 11.5 Å². The number of ether oxygens (including phenoxy) is 1. The lowest BCUT2D eigenvalue weighted by molar-refractivity contribution is -0.148. The van der Waals surface area contributed by atoms with E-state index in [1.54, 1.807) is 6.92 Å². The monoisotopic (exact) mass is 324 g/mol. The molecule has 0 bridgehead atoms. The minimum atomic E-state index is -1.29. The Morgan fingerprint density at radius 1 is 1.09 bits per heavy atom. The highest BCUT2D eigenvalue weighted by Gasteiger charge is 2.27. The van der Waals surface area contributed by atoms with Crippen LogP contribution >= 0.6 is 0 Å². The fourth-order valence-electron chi connectivity index (χ4n) is 2.64. The molecule has 1 aliphatic rings. The standard InChI is InChI=1S/C16H20O7/c1-8-2-3-11(18)12(19)7-14(21)16-9(5-15(22)23-8)4-10(17)6-13(16)20/h4,6,8,11-12,17-20H,2-3,5,7H2,1H3/t8-,11-,12+/m0/s1. The Morgan fingerprint density at radius 2 is 1.78 bits per heavy atom. The smallest absolute Gasteiger partial charge is 0.310 e. The highest BCUT2D eigenvalue weighted by Crippen LogP contribution is 2.30. The highest BCUT2D eigenvalue weighted by molar-refractivity contribution is 6.01. The van der Waals surface area contributed by atoms with Crippen LogP contribution in [0, 0.1) is 0 Å². The van der Waals surface area contributed by atoms with E-state index in [1.807, 2.05) is 0 Å². The molecule has 1 aromatic rings. The Hall–Kier alpha value is -2.12. The zero-order chi connectivity index (χ0) is 17.1. The molecule has 1 aliphatic heterocycles. The number of hydrogen-bond acceptors (Lipinski definition) is 7. The van der Waals surface area contributed by atoms with E-state index in [-0.39, 0.29) is 29.7 Å². The highest BCUT2D eigenvalue weighted by atomic mass is 16.5. The summed E-state index contributed by atoms with van der Waals surface area (Å²) in [4.78, 5) is 24.3. The van der Waals surface area contributed by atoms with Crippen molar-refractivity contribution in [2.45, 2.75) is 50.9 Å². The molecule has 0 aromatic heterocycles. The number of phenolic OH excluding ortho intramolecular Hbond substituents is 2. The summed E-state index contributed by atoms with van der Waals surface area (Å²) in [5, 5.41) is 39.3. The van der Waals surface area contributed by atoms with Crippen LogP contribution in [0.4, 0.5) is 0 Å². The summed E-state index contributed by atoms with van der Waals surface area (Å²) in [5.41, 5.74) is -0.0359. The maximum atomic E-state index is 12.3. The fourth-order valence-corrected chi connectivity index (χ4v) is 2.64. The third kappa shape index (κ3) is 4.20. The molecule has 0 spiro atoms. The number of fused-ring (bicyclic) bond motifs is 1. The molecular weight excluding hydrogens is 304 g/mol. The Bertz CT molecular complexity index is 611. The predicted octanol–water partition coefficient (Wildman–Crippen LogP) is 0.660. The molecule has 1 heterocycles. The summed E-state index contributed by atoms with van der Waals surface area (Å²) in [6.45, 7) is 1.66. The van der Waals surface area contributed by atoms with Gasteiger partial charge in [-0.2, -0.15) is 0 Å². The molecule has 3 atom stereocenters. The van der Waals surface area contributed by atoms with E-state index in [9.17, 15) is 30.0 Å². The van der Waals surface area contributed by atoms with E-state index in [0.717, 1.165) is 6.07 Å². The van der Waals surface area contributed by atoms with Crippen molar-refractivity contribution in [2.24, 2.45) is 0 Å². The molecule has 0 aliphatic carbocycles. The van der Waals surface area contributed by atoms with Gasteiger partial charge >= 0.3 is 5.97 Å². The lowest BCUT2D eigenvalue weighted by Gasteiger charge is -2.22. The lowest BCUT2D eigenvalue weighted by Crippen LogP contribution is -2.31. The average Bonchev–Trinajstić information content (AvgIpc) is 2.42. The number of cyclic esters (lactones) is 1. The van der Waals surface area contributed by atoms with E-state index in [2.05, 4.69) is 0 Å². The third-order valence-electron chi connectivity index (χ3n) is 3.84. The molecule has 23 heavy (non-hydrogen) atoms. The number of aliphatic hydroxyl groups excluding tert-OH is 2. The van der Waals surface area contributed by atoms with Crippen LogP contribution in [-0.2, 0) is 16.0 Å². The quantitative estimate of drug-likeness (QED) is 0.517. The number of ketones is 1. The molecule has 7 heteroatoms. The van der Waals surface area contributed by atoms with Crippen molar-refractivity contribution in [3.63, 3.8) is 0 Å². The van der Waals surface area contributed by atoms with Crippen molar-refractivity contribution in [3.05, 3.63) is 23.3 Å². The van der Waals surface area contributed by atoms with Crippen LogP contribution in [0.15, 0.2) is 12.1 Å². The molecule has 4 N–H and O–H groups in total. The van der Waals surface area contributed by atoms with E-state index in [4.69, 9.17) is 4.74 Å². The second-order valence-corrected chi connectivity index (χ2v) is 5.82. The summed E-state index contributed by atoms with van der Waals surface area (Å²) in [7, 11) is 0. The molecule has 0 unspecified atom stereocenters. The molecule has 0 fully saturated rings. The number of carbonyl (C=O) groups excluding carboxylic acids is 2. The topological polar surface area (TPSA) is 124 Å². The summed E-state index contributed by atoms with van der Waals surface area (Å²) in [5.74, 6) is -2.00. The Morgan fingerprint density at radius 3 is 2.48 bits per heavy atom. The Balaban J connectivity index is 2.43. The van der Waals surface area contributed by atoms with Gasteiger partial charge in [0, 0.05) is 12.5 Å². The van der Waals surface area contributed by atoms with Crippen LogP contribution in [0.2, 0.25) is 0 Å². The second kappa shape index (κ2) is 6.97. The summed E-state index contributed by atoms with van der Waals surface area (Å²) >= 11 is 0. The normalized spacial score (nSPS) is 26.7. The van der Waals surface area contributed by atoms with Gasteiger partial charge in [-0.1, -0.05) is 0 Å². The fraction of sp³-hybridized carbons (Fsp3) is 0.500. The number of aliphatic hydroxyl groups is 2. The third-order valence-corrected chi connectivity index (χ3v) is 3.84. The van der Waals surface area contributed by atoms with Gasteiger partial charge in [0.05, 0.1) is 30.3 Å². The first-order valence-corrected chi connectivity index (χ1v) is 7.41. The molecule has 0 radical (unpaired) electrons. The number of carbonyl (C=O) groups is 2. The molecule has 1 aromatic carbocycles. The van der Waals surface area contributed by atoms with Crippen molar-refractivity contribution in [3.8, 4) is 11.5 Å². The van der Waals surface area contributed by atoms with E-state index < -0.39 is 42.2 Å². The summed E-state index contributed by atoms with van der Waals surface area (Å²) < 4.78 is 5.17. The predicted molar refractivity (Wildman–Crippen MR) is 79.2 cm³/mol. The van der Waals surface area contributed by atoms with Crippen LogP contribution in [0.1, 0.15) is 42.1 Å². The zero-order valence-corrected chi connectivity index (χ0v) is 12.7. The van der Waals surface area contributed by atoms with Crippen molar-refractivity contribution in [1.29, 1.82) is 0 Å². The van der Waals surface area contributed by atoms with E-state index in [0.29, 0.717) is 6.42 Å². The lowest BCUT2D eigenvalue weighted by atomic mass is 9.93. The molecule has 2 rings (SSSR count). The van der Waals surface area contributed by atoms with Gasteiger partial charge < -0.3 is 25.2 Å². The number of aromatic hydroxyl groups is 2. The van der Waals surface area contributed by atoms with Crippen molar-refractivity contribution < 1.29 is 34.8 Å². The number of phenols is 2. The molecule has 126 valence electrons. The molecule has 0 saturated carbocycles. The van der Waals surface area contributed by atoms with Crippen molar-refractivity contribution >= 4 is 11.8 Å². The number of rotatable bonds is 0.